The lowest BCUT2D eigenvalue weighted by Crippen LogP contribution is -2.31. The van der Waals surface area contributed by atoms with E-state index in [1.165, 1.54) is 22.9 Å². The monoisotopic (exact) mass is 451 g/mol. The summed E-state index contributed by atoms with van der Waals surface area (Å²) in [4.78, 5) is 24.5. The van der Waals surface area contributed by atoms with Crippen LogP contribution in [0.3, 0.4) is 0 Å². The van der Waals surface area contributed by atoms with E-state index < -0.39 is 0 Å². The van der Waals surface area contributed by atoms with Gasteiger partial charge in [0.05, 0.1) is 22.9 Å². The molecule has 7 heteroatoms. The predicted octanol–water partition coefficient (Wildman–Crippen LogP) is 4.79. The molecule has 0 aliphatic carbocycles. The topological polar surface area (TPSA) is 81.9 Å². The molecule has 2 heterocycles. The first kappa shape index (κ1) is 21.0. The van der Waals surface area contributed by atoms with E-state index in [0.29, 0.717) is 17.2 Å². The van der Waals surface area contributed by atoms with Gasteiger partial charge in [0.2, 0.25) is 11.9 Å². The lowest BCUT2D eigenvalue weighted by molar-refractivity contribution is -0.113. The van der Waals surface area contributed by atoms with E-state index in [2.05, 4.69) is 40.6 Å². The lowest BCUT2D eigenvalue weighted by Gasteiger charge is -2.29. The smallest absolute Gasteiger partial charge is 0.234 e. The summed E-state index contributed by atoms with van der Waals surface area (Å²) in [6.45, 7) is 1.63. The van der Waals surface area contributed by atoms with E-state index >= 15 is 0 Å². The summed E-state index contributed by atoms with van der Waals surface area (Å²) in [5, 5.41) is 13.6. The number of para-hydroxylation sites is 1. The van der Waals surface area contributed by atoms with Gasteiger partial charge in [-0.3, -0.25) is 4.79 Å². The molecule has 0 unspecified atom stereocenters. The van der Waals surface area contributed by atoms with E-state index in [1.54, 1.807) is 24.3 Å². The number of nitrogens with one attached hydrogen (secondary N) is 1. The molecule has 3 aromatic carbocycles. The summed E-state index contributed by atoms with van der Waals surface area (Å²) < 4.78 is 0. The van der Waals surface area contributed by atoms with Gasteiger partial charge in [-0.15, -0.1) is 0 Å². The van der Waals surface area contributed by atoms with Crippen molar-refractivity contribution in [2.75, 3.05) is 22.5 Å². The fraction of sp³-hybridized carbons (Fsp3) is 0.154. The molecule has 4 aromatic rings. The van der Waals surface area contributed by atoms with Crippen LogP contribution in [0.1, 0.15) is 16.7 Å². The van der Waals surface area contributed by atoms with E-state index in [4.69, 9.17) is 15.2 Å². The Hall–Kier alpha value is -3.89. The van der Waals surface area contributed by atoms with Crippen molar-refractivity contribution in [2.24, 2.45) is 0 Å². The van der Waals surface area contributed by atoms with Crippen LogP contribution in [0.2, 0.25) is 0 Å². The van der Waals surface area contributed by atoms with E-state index in [0.717, 1.165) is 35.4 Å². The molecule has 1 aliphatic rings. The van der Waals surface area contributed by atoms with Crippen molar-refractivity contribution in [1.82, 2.24) is 9.97 Å². The molecule has 0 saturated carbocycles. The van der Waals surface area contributed by atoms with Gasteiger partial charge < -0.3 is 10.2 Å². The second-order valence-corrected chi connectivity index (χ2v) is 8.78. The Kier molecular flexibility index (Phi) is 5.92. The molecule has 1 aliphatic heterocycles. The SMILES string of the molecule is N#Cc1cccc(NC(=O)CSc2nc(N3CCc4ccccc4C3)nc3ccccc23)c1. The van der Waals surface area contributed by atoms with Gasteiger partial charge in [-0.05, 0) is 41.8 Å². The van der Waals surface area contributed by atoms with Crippen molar-refractivity contribution in [1.29, 1.82) is 5.26 Å². The third kappa shape index (κ3) is 4.66. The van der Waals surface area contributed by atoms with Crippen molar-refractivity contribution >= 4 is 40.2 Å². The van der Waals surface area contributed by atoms with Crippen molar-refractivity contribution in [3.05, 3.63) is 89.5 Å². The predicted molar refractivity (Wildman–Crippen MR) is 131 cm³/mol. The summed E-state index contributed by atoms with van der Waals surface area (Å²) in [5.74, 6) is 0.749. The highest BCUT2D eigenvalue weighted by Gasteiger charge is 2.20. The van der Waals surface area contributed by atoms with Crippen LogP contribution in [0.4, 0.5) is 11.6 Å². The first-order chi connectivity index (χ1) is 16.2. The normalized spacial score (nSPS) is 12.8. The van der Waals surface area contributed by atoms with Gasteiger partial charge in [-0.1, -0.05) is 60.3 Å². The van der Waals surface area contributed by atoms with Gasteiger partial charge in [0, 0.05) is 24.2 Å². The third-order valence-electron chi connectivity index (χ3n) is 5.59. The minimum Gasteiger partial charge on any atom is -0.336 e. The minimum atomic E-state index is -0.147. The number of anilines is 2. The number of carbonyl (C=O) groups excluding carboxylic acids is 1. The van der Waals surface area contributed by atoms with Crippen LogP contribution in [-0.4, -0.2) is 28.2 Å². The van der Waals surface area contributed by atoms with Crippen LogP contribution in [0.15, 0.2) is 77.8 Å². The van der Waals surface area contributed by atoms with E-state index in [1.807, 2.05) is 24.3 Å². The summed E-state index contributed by atoms with van der Waals surface area (Å²) in [6.07, 6.45) is 0.957. The maximum absolute atomic E-state index is 12.6. The Morgan fingerprint density at radius 1 is 1.03 bits per heavy atom. The van der Waals surface area contributed by atoms with Crippen LogP contribution >= 0.6 is 11.8 Å². The standard InChI is InChI=1S/C26H21N5OS/c27-15-18-6-5-9-21(14-18)28-24(32)17-33-25-22-10-3-4-11-23(22)29-26(30-25)31-13-12-19-7-1-2-8-20(19)16-31/h1-11,14H,12-13,16-17H2,(H,28,32). The molecule has 0 saturated heterocycles. The number of thioether (sulfide) groups is 1. The summed E-state index contributed by atoms with van der Waals surface area (Å²) >= 11 is 1.40. The van der Waals surface area contributed by atoms with E-state index in [9.17, 15) is 4.79 Å². The molecule has 0 fully saturated rings. The molecule has 0 atom stereocenters. The molecular formula is C26H21N5OS. The van der Waals surface area contributed by atoms with Gasteiger partial charge in [-0.2, -0.15) is 5.26 Å². The Morgan fingerprint density at radius 2 is 1.85 bits per heavy atom. The van der Waals surface area contributed by atoms with Crippen molar-refractivity contribution < 1.29 is 4.79 Å². The average molecular weight is 452 g/mol. The van der Waals surface area contributed by atoms with Gasteiger partial charge >= 0.3 is 0 Å². The molecule has 33 heavy (non-hydrogen) atoms. The van der Waals surface area contributed by atoms with Gasteiger partial charge in [0.1, 0.15) is 5.03 Å². The minimum absolute atomic E-state index is 0.147. The third-order valence-corrected chi connectivity index (χ3v) is 6.58. The van der Waals surface area contributed by atoms with Crippen LogP contribution in [0, 0.1) is 11.3 Å². The Labute approximate surface area is 196 Å². The average Bonchev–Trinajstić information content (AvgIpc) is 2.87. The quantitative estimate of drug-likeness (QED) is 0.347. The maximum Gasteiger partial charge on any atom is 0.234 e. The Balaban J connectivity index is 1.36. The molecule has 0 spiro atoms. The molecule has 1 aromatic heterocycles. The fourth-order valence-corrected chi connectivity index (χ4v) is 4.77. The lowest BCUT2D eigenvalue weighted by atomic mass is 10.0. The number of nitrogens with zero attached hydrogens (tertiary/aromatic N) is 4. The highest BCUT2D eigenvalue weighted by atomic mass is 32.2. The van der Waals surface area contributed by atoms with Gasteiger partial charge in [0.15, 0.2) is 0 Å². The molecule has 5 rings (SSSR count). The number of hydrogen-bond acceptors (Lipinski definition) is 6. The highest BCUT2D eigenvalue weighted by Crippen LogP contribution is 2.30. The number of benzene rings is 3. The number of hydrogen-bond donors (Lipinski definition) is 1. The molecular weight excluding hydrogens is 430 g/mol. The molecule has 1 N–H and O–H groups in total. The second-order valence-electron chi connectivity index (χ2n) is 7.82. The largest absolute Gasteiger partial charge is 0.336 e. The van der Waals surface area contributed by atoms with Crippen molar-refractivity contribution in [2.45, 2.75) is 18.0 Å². The van der Waals surface area contributed by atoms with Gasteiger partial charge in [-0.25, -0.2) is 9.97 Å². The number of aromatic nitrogens is 2. The summed E-state index contributed by atoms with van der Waals surface area (Å²) in [7, 11) is 0. The molecule has 162 valence electrons. The van der Waals surface area contributed by atoms with Crippen molar-refractivity contribution in [3.63, 3.8) is 0 Å². The second kappa shape index (κ2) is 9.31. The Morgan fingerprint density at radius 3 is 2.73 bits per heavy atom. The van der Waals surface area contributed by atoms with E-state index in [-0.39, 0.29) is 11.7 Å². The molecule has 6 nitrogen and oxygen atoms in total. The number of carbonyl (C=O) groups is 1. The maximum atomic E-state index is 12.6. The van der Waals surface area contributed by atoms with Crippen LogP contribution in [-0.2, 0) is 17.8 Å². The highest BCUT2D eigenvalue weighted by molar-refractivity contribution is 8.00. The molecule has 0 radical (unpaired) electrons. The summed E-state index contributed by atoms with van der Waals surface area (Å²) in [5.41, 5.74) is 4.66. The number of amides is 1. The molecule has 0 bridgehead atoms. The zero-order valence-electron chi connectivity index (χ0n) is 17.9. The zero-order chi connectivity index (χ0) is 22.6. The van der Waals surface area contributed by atoms with Crippen LogP contribution < -0.4 is 10.2 Å². The first-order valence-electron chi connectivity index (χ1n) is 10.7. The fourth-order valence-electron chi connectivity index (χ4n) is 3.95. The zero-order valence-corrected chi connectivity index (χ0v) is 18.7. The van der Waals surface area contributed by atoms with Crippen LogP contribution in [0.5, 0.6) is 0 Å². The Bertz CT molecular complexity index is 1380. The number of fused-ring (bicyclic) bond motifs is 2. The summed E-state index contributed by atoms with van der Waals surface area (Å²) in [6, 6.07) is 25.4. The first-order valence-corrected chi connectivity index (χ1v) is 11.7. The number of nitriles is 1. The molecule has 1 amide bonds. The van der Waals surface area contributed by atoms with Crippen molar-refractivity contribution in [3.8, 4) is 6.07 Å². The van der Waals surface area contributed by atoms with Crippen LogP contribution in [0.25, 0.3) is 10.9 Å². The van der Waals surface area contributed by atoms with Gasteiger partial charge in [0.25, 0.3) is 0 Å². The number of rotatable bonds is 5.